The number of hydrogen-bond acceptors (Lipinski definition) is 5. The van der Waals surface area contributed by atoms with Crippen molar-refractivity contribution in [3.05, 3.63) is 20.5 Å². The zero-order valence-electron chi connectivity index (χ0n) is 14.6. The highest BCUT2D eigenvalue weighted by Gasteiger charge is 2.50. The average Bonchev–Trinajstić information content (AvgIpc) is 2.86. The maximum absolute atomic E-state index is 12.3. The highest BCUT2D eigenvalue weighted by molar-refractivity contribution is 9.10. The van der Waals surface area contributed by atoms with Crippen LogP contribution in [-0.4, -0.2) is 52.6 Å². The number of nitrogens with one attached hydrogen (secondary N) is 1. The number of halogens is 1. The molecule has 0 unspecified atom stereocenters. The summed E-state index contributed by atoms with van der Waals surface area (Å²) in [6, 6.07) is -0.212. The fourth-order valence-electron chi connectivity index (χ4n) is 3.94. The molecule has 0 bridgehead atoms. The highest BCUT2D eigenvalue weighted by Crippen LogP contribution is 2.42. The Kier molecular flexibility index (Phi) is 4.80. The Balaban J connectivity index is 1.80. The maximum Gasteiger partial charge on any atom is 0.404 e. The van der Waals surface area contributed by atoms with Gasteiger partial charge in [-0.05, 0) is 42.6 Å². The minimum absolute atomic E-state index is 0.106. The van der Waals surface area contributed by atoms with Crippen LogP contribution in [0.1, 0.15) is 25.5 Å². The molecule has 2 atom stereocenters. The molecule has 2 aliphatic rings. The number of anilines is 1. The van der Waals surface area contributed by atoms with Crippen molar-refractivity contribution in [1.29, 1.82) is 0 Å². The van der Waals surface area contributed by atoms with E-state index in [1.54, 1.807) is 18.5 Å². The molecule has 9 heteroatoms. The number of nitrogens with zero attached hydrogens (tertiary/aromatic N) is 3. The first-order chi connectivity index (χ1) is 11.7. The molecule has 1 spiro atoms. The molecular weight excluding hydrogens is 392 g/mol. The predicted octanol–water partition coefficient (Wildman–Crippen LogP) is 1.49. The van der Waals surface area contributed by atoms with Crippen LogP contribution in [0.5, 0.6) is 0 Å². The molecule has 2 saturated heterocycles. The van der Waals surface area contributed by atoms with Crippen molar-refractivity contribution in [3.63, 3.8) is 0 Å². The van der Waals surface area contributed by atoms with E-state index in [1.807, 2.05) is 6.92 Å². The zero-order chi connectivity index (χ0) is 18.4. The molecule has 25 heavy (non-hydrogen) atoms. The van der Waals surface area contributed by atoms with E-state index in [4.69, 9.17) is 9.84 Å². The average molecular weight is 415 g/mol. The fraction of sp³-hybridized carbons (Fsp3) is 0.688. The second kappa shape index (κ2) is 6.60. The Labute approximate surface area is 154 Å². The van der Waals surface area contributed by atoms with E-state index >= 15 is 0 Å². The van der Waals surface area contributed by atoms with Crippen LogP contribution in [0.3, 0.4) is 0 Å². The summed E-state index contributed by atoms with van der Waals surface area (Å²) in [7, 11) is 1.72. The minimum Gasteiger partial charge on any atom is -0.465 e. The van der Waals surface area contributed by atoms with Gasteiger partial charge in [0.1, 0.15) is 4.47 Å². The van der Waals surface area contributed by atoms with Gasteiger partial charge in [0.25, 0.3) is 5.56 Å². The van der Waals surface area contributed by atoms with E-state index in [9.17, 15) is 9.59 Å². The molecule has 0 aliphatic carbocycles. The van der Waals surface area contributed by atoms with Crippen molar-refractivity contribution < 1.29 is 14.6 Å². The smallest absolute Gasteiger partial charge is 0.404 e. The Morgan fingerprint density at radius 2 is 2.08 bits per heavy atom. The Bertz CT molecular complexity index is 742. The molecule has 1 aromatic heterocycles. The monoisotopic (exact) mass is 414 g/mol. The van der Waals surface area contributed by atoms with Gasteiger partial charge in [0, 0.05) is 25.6 Å². The molecular formula is C16H23BrN4O4. The quantitative estimate of drug-likeness (QED) is 0.760. The second-order valence-corrected chi connectivity index (χ2v) is 7.76. The van der Waals surface area contributed by atoms with Gasteiger partial charge in [0.2, 0.25) is 5.95 Å². The predicted molar refractivity (Wildman–Crippen MR) is 96.2 cm³/mol. The summed E-state index contributed by atoms with van der Waals surface area (Å²) in [5, 5.41) is 11.8. The van der Waals surface area contributed by atoms with Crippen LogP contribution >= 0.6 is 15.9 Å². The van der Waals surface area contributed by atoms with Gasteiger partial charge in [-0.1, -0.05) is 0 Å². The number of carboxylic acid groups (broad SMARTS) is 1. The third kappa shape index (κ3) is 3.15. The van der Waals surface area contributed by atoms with E-state index in [1.165, 1.54) is 0 Å². The van der Waals surface area contributed by atoms with E-state index in [2.05, 4.69) is 31.1 Å². The molecule has 2 aliphatic heterocycles. The summed E-state index contributed by atoms with van der Waals surface area (Å²) in [4.78, 5) is 30.1. The largest absolute Gasteiger partial charge is 0.465 e. The van der Waals surface area contributed by atoms with Gasteiger partial charge in [-0.15, -0.1) is 0 Å². The number of aromatic nitrogens is 2. The van der Waals surface area contributed by atoms with Gasteiger partial charge in [0.15, 0.2) is 0 Å². The molecule has 8 nitrogen and oxygen atoms in total. The van der Waals surface area contributed by atoms with E-state index in [0.29, 0.717) is 35.8 Å². The van der Waals surface area contributed by atoms with Crippen LogP contribution in [0.4, 0.5) is 10.7 Å². The summed E-state index contributed by atoms with van der Waals surface area (Å²) in [5.41, 5.74) is 0.366. The van der Waals surface area contributed by atoms with Crippen molar-refractivity contribution in [3.8, 4) is 0 Å². The van der Waals surface area contributed by atoms with E-state index < -0.39 is 6.09 Å². The Hall–Kier alpha value is -1.61. The van der Waals surface area contributed by atoms with Gasteiger partial charge in [-0.3, -0.25) is 9.36 Å². The molecule has 2 fully saturated rings. The van der Waals surface area contributed by atoms with Crippen LogP contribution in [0.25, 0.3) is 0 Å². The molecule has 0 radical (unpaired) electrons. The van der Waals surface area contributed by atoms with Crippen LogP contribution in [-0.2, 0) is 11.8 Å². The number of hydrogen-bond donors (Lipinski definition) is 2. The molecule has 0 saturated carbocycles. The number of aryl methyl sites for hydroxylation is 1. The fourth-order valence-corrected chi connectivity index (χ4v) is 4.30. The van der Waals surface area contributed by atoms with Gasteiger partial charge in [-0.2, -0.15) is 0 Å². The standard InChI is InChI=1S/C16H23BrN4O4/c1-9-11(17)13(22)20(3)14(18-9)21-6-4-16(5-7-21)8-25-10(2)12(16)19-15(23)24/h10,12,19H,4-8H2,1-3H3,(H,23,24)/t10-,12+/m0/s1. The van der Waals surface area contributed by atoms with Crippen LogP contribution in [0, 0.1) is 12.3 Å². The van der Waals surface area contributed by atoms with Crippen molar-refractivity contribution in [2.75, 3.05) is 24.6 Å². The van der Waals surface area contributed by atoms with E-state index in [-0.39, 0.29) is 23.1 Å². The molecule has 138 valence electrons. The molecule has 2 N–H and O–H groups in total. The van der Waals surface area contributed by atoms with Crippen LogP contribution < -0.4 is 15.8 Å². The third-order valence-electron chi connectivity index (χ3n) is 5.46. The Morgan fingerprint density at radius 3 is 2.68 bits per heavy atom. The highest BCUT2D eigenvalue weighted by atomic mass is 79.9. The molecule has 3 heterocycles. The summed E-state index contributed by atoms with van der Waals surface area (Å²) in [6.45, 7) is 5.67. The number of amides is 1. The lowest BCUT2D eigenvalue weighted by Gasteiger charge is -2.42. The lowest BCUT2D eigenvalue weighted by atomic mass is 9.73. The van der Waals surface area contributed by atoms with Gasteiger partial charge >= 0.3 is 6.09 Å². The number of carbonyl (C=O) groups is 1. The van der Waals surface area contributed by atoms with E-state index in [0.717, 1.165) is 12.8 Å². The van der Waals surface area contributed by atoms with Crippen molar-refractivity contribution in [2.45, 2.75) is 38.8 Å². The van der Waals surface area contributed by atoms with Crippen LogP contribution in [0.15, 0.2) is 9.27 Å². The topological polar surface area (TPSA) is 96.7 Å². The van der Waals surface area contributed by atoms with Gasteiger partial charge < -0.3 is 20.1 Å². The first-order valence-electron chi connectivity index (χ1n) is 8.34. The number of rotatable bonds is 2. The molecule has 1 aromatic rings. The van der Waals surface area contributed by atoms with Gasteiger partial charge in [0.05, 0.1) is 24.4 Å². The normalized spacial score (nSPS) is 25.4. The minimum atomic E-state index is -1.02. The summed E-state index contributed by atoms with van der Waals surface area (Å²) in [5.74, 6) is 0.648. The number of piperidine rings is 1. The number of ether oxygens (including phenoxy) is 1. The van der Waals surface area contributed by atoms with Gasteiger partial charge in [-0.25, -0.2) is 9.78 Å². The first kappa shape index (κ1) is 18.2. The Morgan fingerprint density at radius 1 is 1.44 bits per heavy atom. The third-order valence-corrected chi connectivity index (χ3v) is 6.37. The molecule has 0 aromatic carbocycles. The SMILES string of the molecule is Cc1nc(N2CCC3(CC2)CO[C@@H](C)[C@H]3NC(=O)O)n(C)c(=O)c1Br. The molecule has 3 rings (SSSR count). The first-order valence-corrected chi connectivity index (χ1v) is 9.13. The van der Waals surface area contributed by atoms with Crippen LogP contribution in [0.2, 0.25) is 0 Å². The summed E-state index contributed by atoms with van der Waals surface area (Å²) < 4.78 is 7.79. The van der Waals surface area contributed by atoms with Crippen molar-refractivity contribution in [1.82, 2.24) is 14.9 Å². The lowest BCUT2D eigenvalue weighted by Crippen LogP contribution is -2.54. The second-order valence-electron chi connectivity index (χ2n) is 6.97. The van der Waals surface area contributed by atoms with Crippen molar-refractivity contribution >= 4 is 28.0 Å². The lowest BCUT2D eigenvalue weighted by molar-refractivity contribution is 0.0969. The van der Waals surface area contributed by atoms with Crippen molar-refractivity contribution in [2.24, 2.45) is 12.5 Å². The summed E-state index contributed by atoms with van der Waals surface area (Å²) in [6.07, 6.45) is 0.414. The summed E-state index contributed by atoms with van der Waals surface area (Å²) >= 11 is 3.28. The zero-order valence-corrected chi connectivity index (χ0v) is 16.2. The maximum atomic E-state index is 12.3. The molecule has 1 amide bonds.